The first-order valence-electron chi connectivity index (χ1n) is 5.39. The number of hydrogen-bond donors (Lipinski definition) is 1. The summed E-state index contributed by atoms with van der Waals surface area (Å²) in [5.74, 6) is 0. The summed E-state index contributed by atoms with van der Waals surface area (Å²) >= 11 is 1.79. The van der Waals surface area contributed by atoms with Crippen molar-refractivity contribution in [3.8, 4) is 0 Å². The van der Waals surface area contributed by atoms with Gasteiger partial charge in [0.25, 0.3) is 0 Å². The van der Waals surface area contributed by atoms with Gasteiger partial charge in [-0.2, -0.15) is 0 Å². The van der Waals surface area contributed by atoms with Crippen LogP contribution in [0.1, 0.15) is 32.1 Å². The third kappa shape index (κ3) is 5.92. The molecule has 3 heteroatoms. The predicted octanol–water partition coefficient (Wildman–Crippen LogP) is 2.82. The monoisotopic (exact) mass is 227 g/mol. The van der Waals surface area contributed by atoms with Crippen LogP contribution < -0.4 is 5.73 Å². The van der Waals surface area contributed by atoms with Gasteiger partial charge >= 0.3 is 0 Å². The number of rotatable bonds is 5. The van der Waals surface area contributed by atoms with Crippen LogP contribution in [0.2, 0.25) is 0 Å². The molecular weight excluding hydrogens is 206 g/mol. The van der Waals surface area contributed by atoms with Crippen molar-refractivity contribution in [3.63, 3.8) is 0 Å². The van der Waals surface area contributed by atoms with Gasteiger partial charge in [0.05, 0.1) is 12.2 Å². The van der Waals surface area contributed by atoms with Crippen molar-refractivity contribution in [2.75, 3.05) is 6.61 Å². The molecule has 2 N–H and O–H groups in total. The SMILES string of the molecule is CC(C)(C)OCC(N)CCc1cccs1. The predicted molar refractivity (Wildman–Crippen MR) is 66.3 cm³/mol. The Balaban J connectivity index is 2.16. The Hall–Kier alpha value is -0.380. The zero-order valence-corrected chi connectivity index (χ0v) is 10.6. The van der Waals surface area contributed by atoms with E-state index < -0.39 is 0 Å². The highest BCUT2D eigenvalue weighted by Crippen LogP contribution is 2.13. The zero-order valence-electron chi connectivity index (χ0n) is 9.82. The lowest BCUT2D eigenvalue weighted by Gasteiger charge is -2.22. The molecule has 0 aliphatic rings. The van der Waals surface area contributed by atoms with E-state index in [-0.39, 0.29) is 11.6 Å². The van der Waals surface area contributed by atoms with Gasteiger partial charge < -0.3 is 10.5 Å². The van der Waals surface area contributed by atoms with Gasteiger partial charge in [0.15, 0.2) is 0 Å². The molecule has 0 radical (unpaired) electrons. The Morgan fingerprint density at radius 2 is 2.20 bits per heavy atom. The third-order valence-electron chi connectivity index (χ3n) is 2.07. The molecule has 0 saturated heterocycles. The molecule has 1 heterocycles. The first-order chi connectivity index (χ1) is 6.97. The molecular formula is C12H21NOS. The Morgan fingerprint density at radius 3 is 2.73 bits per heavy atom. The first-order valence-corrected chi connectivity index (χ1v) is 6.27. The molecule has 1 aromatic heterocycles. The van der Waals surface area contributed by atoms with Gasteiger partial charge in [-0.25, -0.2) is 0 Å². The molecule has 2 nitrogen and oxygen atoms in total. The molecule has 0 aliphatic carbocycles. The lowest BCUT2D eigenvalue weighted by atomic mass is 10.1. The number of nitrogens with two attached hydrogens (primary N) is 1. The standard InChI is InChI=1S/C12H21NOS/c1-12(2,3)14-9-10(13)6-7-11-5-4-8-15-11/h4-5,8,10H,6-7,9,13H2,1-3H3. The summed E-state index contributed by atoms with van der Waals surface area (Å²) in [6.45, 7) is 6.81. The molecule has 0 aromatic carbocycles. The van der Waals surface area contributed by atoms with Crippen molar-refractivity contribution >= 4 is 11.3 Å². The normalized spacial score (nSPS) is 14.1. The molecule has 0 fully saturated rings. The maximum absolute atomic E-state index is 5.98. The van der Waals surface area contributed by atoms with E-state index in [1.807, 2.05) is 0 Å². The van der Waals surface area contributed by atoms with Crippen molar-refractivity contribution in [2.45, 2.75) is 45.3 Å². The second-order valence-electron chi connectivity index (χ2n) is 4.80. The van der Waals surface area contributed by atoms with Crippen LogP contribution in [-0.4, -0.2) is 18.2 Å². The van der Waals surface area contributed by atoms with E-state index in [9.17, 15) is 0 Å². The van der Waals surface area contributed by atoms with Gasteiger partial charge in [0.1, 0.15) is 0 Å². The quantitative estimate of drug-likeness (QED) is 0.839. The summed E-state index contributed by atoms with van der Waals surface area (Å²) in [5, 5.41) is 2.10. The highest BCUT2D eigenvalue weighted by molar-refractivity contribution is 7.09. The molecule has 0 aliphatic heterocycles. The number of aryl methyl sites for hydroxylation is 1. The molecule has 0 amide bonds. The Labute approximate surface area is 96.4 Å². The van der Waals surface area contributed by atoms with Gasteiger partial charge in [-0.3, -0.25) is 0 Å². The molecule has 0 bridgehead atoms. The smallest absolute Gasteiger partial charge is 0.0624 e. The number of thiophene rings is 1. The van der Waals surface area contributed by atoms with E-state index >= 15 is 0 Å². The second-order valence-corrected chi connectivity index (χ2v) is 5.83. The highest BCUT2D eigenvalue weighted by Gasteiger charge is 2.12. The second kappa shape index (κ2) is 5.64. The van der Waals surface area contributed by atoms with Crippen molar-refractivity contribution in [2.24, 2.45) is 5.73 Å². The minimum Gasteiger partial charge on any atom is -0.374 e. The summed E-state index contributed by atoms with van der Waals surface area (Å²) in [4.78, 5) is 1.40. The minimum atomic E-state index is -0.0828. The average molecular weight is 227 g/mol. The van der Waals surface area contributed by atoms with Gasteiger partial charge in [0.2, 0.25) is 0 Å². The summed E-state index contributed by atoms with van der Waals surface area (Å²) in [6, 6.07) is 4.38. The maximum Gasteiger partial charge on any atom is 0.0624 e. The Kier molecular flexibility index (Phi) is 4.77. The van der Waals surface area contributed by atoms with E-state index in [0.717, 1.165) is 12.8 Å². The van der Waals surface area contributed by atoms with Crippen LogP contribution in [0.3, 0.4) is 0 Å². The Morgan fingerprint density at radius 1 is 1.47 bits per heavy atom. The van der Waals surface area contributed by atoms with E-state index in [1.165, 1.54) is 4.88 Å². The summed E-state index contributed by atoms with van der Waals surface area (Å²) < 4.78 is 5.64. The van der Waals surface area contributed by atoms with Gasteiger partial charge in [0, 0.05) is 10.9 Å². The molecule has 0 spiro atoms. The van der Waals surface area contributed by atoms with Crippen LogP contribution in [-0.2, 0) is 11.2 Å². The fraction of sp³-hybridized carbons (Fsp3) is 0.667. The zero-order chi connectivity index (χ0) is 11.3. The van der Waals surface area contributed by atoms with Gasteiger partial charge in [-0.15, -0.1) is 11.3 Å². The topological polar surface area (TPSA) is 35.2 Å². The van der Waals surface area contributed by atoms with Gasteiger partial charge in [-0.1, -0.05) is 6.07 Å². The highest BCUT2D eigenvalue weighted by atomic mass is 32.1. The van der Waals surface area contributed by atoms with Crippen molar-refractivity contribution < 1.29 is 4.74 Å². The molecule has 1 rings (SSSR count). The average Bonchev–Trinajstić information content (AvgIpc) is 2.62. The lowest BCUT2D eigenvalue weighted by molar-refractivity contribution is -0.0107. The van der Waals surface area contributed by atoms with Crippen LogP contribution >= 0.6 is 11.3 Å². The molecule has 0 saturated carbocycles. The van der Waals surface area contributed by atoms with Crippen molar-refractivity contribution in [1.82, 2.24) is 0 Å². The van der Waals surface area contributed by atoms with E-state index in [1.54, 1.807) is 11.3 Å². The maximum atomic E-state index is 5.98. The molecule has 1 unspecified atom stereocenters. The Bertz CT molecular complexity index is 264. The van der Waals surface area contributed by atoms with Gasteiger partial charge in [-0.05, 0) is 45.1 Å². The molecule has 1 atom stereocenters. The van der Waals surface area contributed by atoms with Crippen LogP contribution in [0.15, 0.2) is 17.5 Å². The lowest BCUT2D eigenvalue weighted by Crippen LogP contribution is -2.32. The number of ether oxygens (including phenoxy) is 1. The largest absolute Gasteiger partial charge is 0.374 e. The first kappa shape index (κ1) is 12.7. The minimum absolute atomic E-state index is 0.0828. The third-order valence-corrected chi connectivity index (χ3v) is 3.01. The van der Waals surface area contributed by atoms with Crippen LogP contribution in [0.5, 0.6) is 0 Å². The summed E-state index contributed by atoms with van der Waals surface area (Å²) in [7, 11) is 0. The molecule has 86 valence electrons. The van der Waals surface area contributed by atoms with Crippen molar-refractivity contribution in [3.05, 3.63) is 22.4 Å². The molecule has 1 aromatic rings. The van der Waals surface area contributed by atoms with E-state index in [0.29, 0.717) is 6.61 Å². The van der Waals surface area contributed by atoms with E-state index in [2.05, 4.69) is 38.3 Å². The fourth-order valence-corrected chi connectivity index (χ4v) is 1.95. The summed E-state index contributed by atoms with van der Waals surface area (Å²) in [6.07, 6.45) is 2.06. The number of hydrogen-bond acceptors (Lipinski definition) is 3. The van der Waals surface area contributed by atoms with E-state index in [4.69, 9.17) is 10.5 Å². The summed E-state index contributed by atoms with van der Waals surface area (Å²) in [5.41, 5.74) is 5.89. The van der Waals surface area contributed by atoms with Crippen LogP contribution in [0.25, 0.3) is 0 Å². The van der Waals surface area contributed by atoms with Crippen LogP contribution in [0, 0.1) is 0 Å². The van der Waals surface area contributed by atoms with Crippen LogP contribution in [0.4, 0.5) is 0 Å². The van der Waals surface area contributed by atoms with Crippen molar-refractivity contribution in [1.29, 1.82) is 0 Å². The molecule has 15 heavy (non-hydrogen) atoms. The fourth-order valence-electron chi connectivity index (χ4n) is 1.22.